The zero-order valence-electron chi connectivity index (χ0n) is 11.1. The monoisotopic (exact) mass is 361 g/mol. The van der Waals surface area contributed by atoms with Gasteiger partial charge in [0.05, 0.1) is 5.56 Å². The second-order valence-corrected chi connectivity index (χ2v) is 5.57. The van der Waals surface area contributed by atoms with Crippen LogP contribution in [-0.2, 0) is 12.7 Å². The van der Waals surface area contributed by atoms with Crippen molar-refractivity contribution in [3.8, 4) is 0 Å². The Morgan fingerprint density at radius 1 is 1.10 bits per heavy atom. The number of halogens is 5. The van der Waals surface area contributed by atoms with Crippen molar-refractivity contribution in [2.75, 3.05) is 5.32 Å². The van der Waals surface area contributed by atoms with Gasteiger partial charge < -0.3 is 5.32 Å². The maximum absolute atomic E-state index is 13.2. The van der Waals surface area contributed by atoms with Gasteiger partial charge in [-0.3, -0.25) is 0 Å². The second kappa shape index (κ2) is 6.05. The lowest BCUT2D eigenvalue weighted by molar-refractivity contribution is -0.137. The minimum Gasteiger partial charge on any atom is -0.381 e. The summed E-state index contributed by atoms with van der Waals surface area (Å²) in [4.78, 5) is 0. The van der Waals surface area contributed by atoms with Gasteiger partial charge in [-0.15, -0.1) is 0 Å². The molecule has 0 aliphatic rings. The molecule has 2 rings (SSSR count). The Balaban J connectivity index is 2.20. The first-order chi connectivity index (χ1) is 9.75. The normalized spacial score (nSPS) is 11.5. The van der Waals surface area contributed by atoms with Crippen LogP contribution in [0.15, 0.2) is 40.9 Å². The number of nitrogens with one attached hydrogen (secondary N) is 1. The molecule has 0 heterocycles. The van der Waals surface area contributed by atoms with Crippen LogP contribution in [0.1, 0.15) is 16.7 Å². The molecule has 0 atom stereocenters. The highest BCUT2D eigenvalue weighted by Gasteiger charge is 2.31. The molecule has 1 nitrogen and oxygen atoms in total. The largest absolute Gasteiger partial charge is 0.416 e. The van der Waals surface area contributed by atoms with Gasteiger partial charge in [-0.05, 0) is 48.4 Å². The van der Waals surface area contributed by atoms with E-state index in [0.29, 0.717) is 15.7 Å². The van der Waals surface area contributed by atoms with E-state index in [-0.39, 0.29) is 12.4 Å². The third-order valence-corrected chi connectivity index (χ3v) is 3.48. The molecule has 0 radical (unpaired) electrons. The summed E-state index contributed by atoms with van der Waals surface area (Å²) in [6, 6.07) is 7.93. The van der Waals surface area contributed by atoms with Gasteiger partial charge in [0.1, 0.15) is 5.82 Å². The number of hydrogen-bond acceptors (Lipinski definition) is 1. The van der Waals surface area contributed by atoms with Gasteiger partial charge in [0.25, 0.3) is 0 Å². The molecule has 0 aliphatic carbocycles. The van der Waals surface area contributed by atoms with E-state index >= 15 is 0 Å². The van der Waals surface area contributed by atoms with E-state index in [1.165, 1.54) is 12.1 Å². The Labute approximate surface area is 128 Å². The summed E-state index contributed by atoms with van der Waals surface area (Å²) in [5.74, 6) is -0.373. The Morgan fingerprint density at radius 3 is 2.48 bits per heavy atom. The molecule has 21 heavy (non-hydrogen) atoms. The first kappa shape index (κ1) is 15.8. The fourth-order valence-corrected chi connectivity index (χ4v) is 2.38. The number of aryl methyl sites for hydroxylation is 1. The number of benzene rings is 2. The van der Waals surface area contributed by atoms with Crippen LogP contribution in [0.5, 0.6) is 0 Å². The van der Waals surface area contributed by atoms with Gasteiger partial charge in [-0.2, -0.15) is 13.2 Å². The standard InChI is InChI=1S/C15H12BrF4N/c1-9-2-3-13(17)4-10(9)8-21-14-6-11(15(18,19)20)5-12(16)7-14/h2-7,21H,8H2,1H3. The summed E-state index contributed by atoms with van der Waals surface area (Å²) in [5, 5.41) is 2.89. The maximum atomic E-state index is 13.2. The van der Waals surface area contributed by atoms with Gasteiger partial charge in [-0.25, -0.2) is 4.39 Å². The highest BCUT2D eigenvalue weighted by molar-refractivity contribution is 9.10. The smallest absolute Gasteiger partial charge is 0.381 e. The molecule has 0 aromatic heterocycles. The number of rotatable bonds is 3. The third kappa shape index (κ3) is 4.20. The molecular weight excluding hydrogens is 350 g/mol. The topological polar surface area (TPSA) is 12.0 Å². The Morgan fingerprint density at radius 2 is 1.81 bits per heavy atom. The predicted molar refractivity (Wildman–Crippen MR) is 77.6 cm³/mol. The molecule has 0 spiro atoms. The summed E-state index contributed by atoms with van der Waals surface area (Å²) in [6.07, 6.45) is -4.41. The van der Waals surface area contributed by atoms with Gasteiger partial charge >= 0.3 is 6.18 Å². The van der Waals surface area contributed by atoms with Crippen molar-refractivity contribution in [2.45, 2.75) is 19.6 Å². The van der Waals surface area contributed by atoms with Crippen molar-refractivity contribution >= 4 is 21.6 Å². The zero-order valence-corrected chi connectivity index (χ0v) is 12.6. The zero-order chi connectivity index (χ0) is 15.6. The van der Waals surface area contributed by atoms with Crippen LogP contribution in [0.3, 0.4) is 0 Å². The van der Waals surface area contributed by atoms with Crippen molar-refractivity contribution in [1.29, 1.82) is 0 Å². The summed E-state index contributed by atoms with van der Waals surface area (Å²) in [6.45, 7) is 2.07. The van der Waals surface area contributed by atoms with Crippen LogP contribution in [-0.4, -0.2) is 0 Å². The summed E-state index contributed by atoms with van der Waals surface area (Å²) in [7, 11) is 0. The first-order valence-corrected chi connectivity index (χ1v) is 6.92. The fraction of sp³-hybridized carbons (Fsp3) is 0.200. The fourth-order valence-electron chi connectivity index (χ4n) is 1.88. The van der Waals surface area contributed by atoms with Crippen molar-refractivity contribution in [3.63, 3.8) is 0 Å². The van der Waals surface area contributed by atoms with Gasteiger partial charge in [0.15, 0.2) is 0 Å². The SMILES string of the molecule is Cc1ccc(F)cc1CNc1cc(Br)cc(C(F)(F)F)c1. The molecule has 6 heteroatoms. The predicted octanol–water partition coefficient (Wildman–Crippen LogP) is 5.53. The Hall–Kier alpha value is -1.56. The molecule has 112 valence electrons. The lowest BCUT2D eigenvalue weighted by atomic mass is 10.1. The second-order valence-electron chi connectivity index (χ2n) is 4.65. The van der Waals surface area contributed by atoms with E-state index < -0.39 is 11.7 Å². The molecule has 2 aromatic rings. The average molecular weight is 362 g/mol. The van der Waals surface area contributed by atoms with Crippen molar-refractivity contribution in [1.82, 2.24) is 0 Å². The molecule has 0 unspecified atom stereocenters. The summed E-state index contributed by atoms with van der Waals surface area (Å²) < 4.78 is 51.7. The van der Waals surface area contributed by atoms with Gasteiger partial charge in [0.2, 0.25) is 0 Å². The van der Waals surface area contributed by atoms with Crippen LogP contribution in [0, 0.1) is 12.7 Å². The van der Waals surface area contributed by atoms with Crippen molar-refractivity contribution in [3.05, 3.63) is 63.4 Å². The number of hydrogen-bond donors (Lipinski definition) is 1. The summed E-state index contributed by atoms with van der Waals surface area (Å²) in [5.41, 5.74) is 1.15. The summed E-state index contributed by atoms with van der Waals surface area (Å²) >= 11 is 3.06. The Bertz CT molecular complexity index is 653. The lowest BCUT2D eigenvalue weighted by Gasteiger charge is -2.13. The number of alkyl halides is 3. The average Bonchev–Trinajstić information content (AvgIpc) is 2.38. The molecule has 1 N–H and O–H groups in total. The van der Waals surface area contributed by atoms with Crippen LogP contribution >= 0.6 is 15.9 Å². The van der Waals surface area contributed by atoms with Crippen LogP contribution in [0.25, 0.3) is 0 Å². The van der Waals surface area contributed by atoms with Crippen molar-refractivity contribution in [2.24, 2.45) is 0 Å². The first-order valence-electron chi connectivity index (χ1n) is 6.12. The third-order valence-electron chi connectivity index (χ3n) is 3.02. The molecule has 0 saturated heterocycles. The molecule has 0 bridgehead atoms. The molecular formula is C15H12BrF4N. The highest BCUT2D eigenvalue weighted by atomic mass is 79.9. The van der Waals surface area contributed by atoms with Gasteiger partial charge in [-0.1, -0.05) is 22.0 Å². The van der Waals surface area contributed by atoms with E-state index in [1.807, 2.05) is 6.92 Å². The minimum absolute atomic E-state index is 0.247. The molecule has 0 saturated carbocycles. The minimum atomic E-state index is -4.41. The van der Waals surface area contributed by atoms with E-state index in [0.717, 1.165) is 17.7 Å². The van der Waals surface area contributed by atoms with E-state index in [9.17, 15) is 17.6 Å². The molecule has 0 amide bonds. The van der Waals surface area contributed by atoms with Crippen LogP contribution in [0.2, 0.25) is 0 Å². The van der Waals surface area contributed by atoms with Crippen molar-refractivity contribution < 1.29 is 17.6 Å². The van der Waals surface area contributed by atoms with E-state index in [1.54, 1.807) is 12.1 Å². The van der Waals surface area contributed by atoms with Crippen LogP contribution in [0.4, 0.5) is 23.2 Å². The Kier molecular flexibility index (Phi) is 4.56. The maximum Gasteiger partial charge on any atom is 0.416 e. The number of anilines is 1. The highest BCUT2D eigenvalue weighted by Crippen LogP contribution is 2.33. The quantitative estimate of drug-likeness (QED) is 0.709. The molecule has 0 fully saturated rings. The molecule has 0 aliphatic heterocycles. The lowest BCUT2D eigenvalue weighted by Crippen LogP contribution is -2.07. The van der Waals surface area contributed by atoms with Gasteiger partial charge in [0, 0.05) is 16.7 Å². The van der Waals surface area contributed by atoms with E-state index in [2.05, 4.69) is 21.2 Å². The molecule has 2 aromatic carbocycles. The van der Waals surface area contributed by atoms with E-state index in [4.69, 9.17) is 0 Å². The van der Waals surface area contributed by atoms with Crippen LogP contribution < -0.4 is 5.32 Å².